The molecule has 0 radical (unpaired) electrons. The van der Waals surface area contributed by atoms with Crippen LogP contribution in [0.2, 0.25) is 0 Å². The van der Waals surface area contributed by atoms with E-state index in [1.54, 1.807) is 0 Å². The maximum atomic E-state index is 10.8. The third kappa shape index (κ3) is 1.46. The Labute approximate surface area is 105 Å². The summed E-state index contributed by atoms with van der Waals surface area (Å²) >= 11 is 0. The molecule has 1 N–H and O–H groups in total. The molecule has 6 atom stereocenters. The maximum Gasteiger partial charge on any atom is 0.0718 e. The average Bonchev–Trinajstić information content (AvgIpc) is 2.59. The highest BCUT2D eigenvalue weighted by Gasteiger charge is 2.66. The number of aliphatic hydroxyl groups excluding tert-OH is 1. The normalized spacial score (nSPS) is 57.5. The van der Waals surface area contributed by atoms with Crippen molar-refractivity contribution < 1.29 is 9.84 Å². The van der Waals surface area contributed by atoms with E-state index in [1.807, 2.05) is 0 Å². The van der Waals surface area contributed by atoms with Crippen molar-refractivity contribution >= 4 is 0 Å². The third-order valence-electron chi connectivity index (χ3n) is 5.98. The number of hydrogen-bond donors (Lipinski definition) is 1. The molecule has 1 heterocycles. The Kier molecular flexibility index (Phi) is 2.45. The largest absolute Gasteiger partial charge is 0.392 e. The predicted octanol–water partition coefficient (Wildman–Crippen LogP) is 2.99. The molecule has 3 aliphatic rings. The molecule has 1 saturated heterocycles. The van der Waals surface area contributed by atoms with Crippen LogP contribution in [0.5, 0.6) is 0 Å². The van der Waals surface area contributed by atoms with Crippen LogP contribution in [0, 0.1) is 23.7 Å². The Hall–Kier alpha value is -0.0800. The van der Waals surface area contributed by atoms with Gasteiger partial charge in [0.2, 0.25) is 0 Å². The number of rotatable bonds is 1. The minimum atomic E-state index is -0.156. The van der Waals surface area contributed by atoms with Gasteiger partial charge < -0.3 is 9.84 Å². The van der Waals surface area contributed by atoms with Gasteiger partial charge >= 0.3 is 0 Å². The van der Waals surface area contributed by atoms with Crippen LogP contribution in [0.4, 0.5) is 0 Å². The van der Waals surface area contributed by atoms with Gasteiger partial charge in [0.25, 0.3) is 0 Å². The van der Waals surface area contributed by atoms with E-state index in [0.717, 1.165) is 19.3 Å². The van der Waals surface area contributed by atoms with E-state index in [4.69, 9.17) is 4.74 Å². The van der Waals surface area contributed by atoms with Crippen LogP contribution >= 0.6 is 0 Å². The first-order valence-corrected chi connectivity index (χ1v) is 7.26. The van der Waals surface area contributed by atoms with Gasteiger partial charge in [-0.1, -0.05) is 13.8 Å². The van der Waals surface area contributed by atoms with Crippen LogP contribution in [-0.4, -0.2) is 22.4 Å². The molecule has 2 saturated carbocycles. The highest BCUT2D eigenvalue weighted by atomic mass is 16.5. The summed E-state index contributed by atoms with van der Waals surface area (Å²) in [7, 11) is 0. The Bertz CT molecular complexity index is 325. The Morgan fingerprint density at radius 1 is 1.12 bits per heavy atom. The van der Waals surface area contributed by atoms with Crippen molar-refractivity contribution in [3.63, 3.8) is 0 Å². The van der Waals surface area contributed by atoms with Crippen molar-refractivity contribution in [2.24, 2.45) is 23.7 Å². The summed E-state index contributed by atoms with van der Waals surface area (Å²) in [6.45, 7) is 9.01. The second-order valence-electron chi connectivity index (χ2n) is 7.34. The van der Waals surface area contributed by atoms with Gasteiger partial charge in [0.1, 0.15) is 0 Å². The van der Waals surface area contributed by atoms with Crippen LogP contribution in [-0.2, 0) is 4.74 Å². The summed E-state index contributed by atoms with van der Waals surface area (Å²) in [4.78, 5) is 0. The van der Waals surface area contributed by atoms with Crippen LogP contribution in [0.1, 0.15) is 53.4 Å². The number of ether oxygens (including phenoxy) is 1. The van der Waals surface area contributed by atoms with E-state index in [0.29, 0.717) is 23.7 Å². The molecule has 0 aromatic carbocycles. The fourth-order valence-corrected chi connectivity index (χ4v) is 5.08. The van der Waals surface area contributed by atoms with E-state index in [9.17, 15) is 5.11 Å². The molecule has 1 aliphatic heterocycles. The van der Waals surface area contributed by atoms with Gasteiger partial charge in [-0.3, -0.25) is 0 Å². The summed E-state index contributed by atoms with van der Waals surface area (Å²) in [5, 5.41) is 10.8. The molecule has 0 aromatic rings. The van der Waals surface area contributed by atoms with E-state index < -0.39 is 0 Å². The van der Waals surface area contributed by atoms with E-state index >= 15 is 0 Å². The lowest BCUT2D eigenvalue weighted by Gasteiger charge is -2.40. The molecule has 2 aliphatic carbocycles. The summed E-state index contributed by atoms with van der Waals surface area (Å²) in [6, 6.07) is 0. The Morgan fingerprint density at radius 3 is 2.41 bits per heavy atom. The van der Waals surface area contributed by atoms with Crippen molar-refractivity contribution in [2.75, 3.05) is 0 Å². The molecule has 2 nitrogen and oxygen atoms in total. The van der Waals surface area contributed by atoms with E-state index in [1.165, 1.54) is 6.42 Å². The fraction of sp³-hybridized carbons (Fsp3) is 1.00. The lowest BCUT2D eigenvalue weighted by Crippen LogP contribution is -2.43. The van der Waals surface area contributed by atoms with Gasteiger partial charge in [0.15, 0.2) is 0 Å². The van der Waals surface area contributed by atoms with Crippen molar-refractivity contribution in [3.8, 4) is 0 Å². The number of hydrogen-bond acceptors (Lipinski definition) is 2. The summed E-state index contributed by atoms with van der Waals surface area (Å²) < 4.78 is 6.38. The zero-order valence-electron chi connectivity index (χ0n) is 11.6. The van der Waals surface area contributed by atoms with E-state index in [2.05, 4.69) is 27.7 Å². The van der Waals surface area contributed by atoms with E-state index in [-0.39, 0.29) is 17.3 Å². The minimum absolute atomic E-state index is 0.0439. The molecule has 0 spiro atoms. The fourth-order valence-electron chi connectivity index (χ4n) is 5.08. The van der Waals surface area contributed by atoms with Crippen molar-refractivity contribution in [3.05, 3.63) is 0 Å². The van der Waals surface area contributed by atoms with Gasteiger partial charge in [-0.25, -0.2) is 0 Å². The van der Waals surface area contributed by atoms with Crippen molar-refractivity contribution in [1.82, 2.24) is 0 Å². The SMILES string of the molecule is CC(C)[C@H]1CC[C@]2(C)O[C@@]3(C)CC[C@H]2[C@@H]3[C@H]1O. The van der Waals surface area contributed by atoms with Crippen LogP contribution in [0.25, 0.3) is 0 Å². The highest BCUT2D eigenvalue weighted by molar-refractivity contribution is 5.14. The van der Waals surface area contributed by atoms with Crippen LogP contribution < -0.4 is 0 Å². The first-order valence-electron chi connectivity index (χ1n) is 7.26. The monoisotopic (exact) mass is 238 g/mol. The quantitative estimate of drug-likeness (QED) is 0.761. The third-order valence-corrected chi connectivity index (χ3v) is 5.98. The van der Waals surface area contributed by atoms with Gasteiger partial charge in [-0.2, -0.15) is 0 Å². The van der Waals surface area contributed by atoms with Crippen LogP contribution in [0.3, 0.4) is 0 Å². The molecule has 3 fully saturated rings. The van der Waals surface area contributed by atoms with Gasteiger partial charge in [-0.05, 0) is 57.3 Å². The molecule has 0 aromatic heterocycles. The maximum absolute atomic E-state index is 10.8. The second-order valence-corrected chi connectivity index (χ2v) is 7.34. The summed E-state index contributed by atoms with van der Waals surface area (Å²) in [5.74, 6) is 2.01. The standard InChI is InChI=1S/C15H26O2/c1-9(2)10-5-7-14(3)11-6-8-15(4,17-14)12(11)13(10)16/h9-13,16H,5-8H2,1-4H3/t10-,11+,12-,13+,14+,15+/m1/s1. The molecule has 0 amide bonds. The van der Waals surface area contributed by atoms with Gasteiger partial charge in [-0.15, -0.1) is 0 Å². The smallest absolute Gasteiger partial charge is 0.0718 e. The molecular weight excluding hydrogens is 212 g/mol. The minimum Gasteiger partial charge on any atom is -0.392 e. The topological polar surface area (TPSA) is 29.5 Å². The molecule has 17 heavy (non-hydrogen) atoms. The summed E-state index contributed by atoms with van der Waals surface area (Å²) in [5.41, 5.74) is -0.00528. The molecular formula is C15H26O2. The number of aliphatic hydroxyl groups is 1. The van der Waals surface area contributed by atoms with Crippen molar-refractivity contribution in [1.29, 1.82) is 0 Å². The molecule has 3 rings (SSSR count). The predicted molar refractivity (Wildman–Crippen MR) is 67.7 cm³/mol. The summed E-state index contributed by atoms with van der Waals surface area (Å²) in [6.07, 6.45) is 4.48. The van der Waals surface area contributed by atoms with Crippen LogP contribution in [0.15, 0.2) is 0 Å². The lowest BCUT2D eigenvalue weighted by atomic mass is 9.76. The Balaban J connectivity index is 1.98. The zero-order valence-corrected chi connectivity index (χ0v) is 11.6. The lowest BCUT2D eigenvalue weighted by molar-refractivity contribution is -0.148. The average molecular weight is 238 g/mol. The molecule has 2 heteroatoms. The molecule has 98 valence electrons. The highest BCUT2D eigenvalue weighted by Crippen LogP contribution is 2.62. The van der Waals surface area contributed by atoms with Gasteiger partial charge in [0.05, 0.1) is 17.3 Å². The molecule has 0 unspecified atom stereocenters. The molecule has 4 bridgehead atoms. The first kappa shape index (κ1) is 12.0. The second kappa shape index (κ2) is 3.48. The van der Waals surface area contributed by atoms with Crippen molar-refractivity contribution in [2.45, 2.75) is 70.7 Å². The first-order chi connectivity index (χ1) is 7.87. The Morgan fingerprint density at radius 2 is 1.76 bits per heavy atom. The zero-order chi connectivity index (χ0) is 12.4. The van der Waals surface area contributed by atoms with Gasteiger partial charge in [0, 0.05) is 5.92 Å².